The number of hydrogen-bond donors (Lipinski definition) is 2. The van der Waals surface area contributed by atoms with Gasteiger partial charge in [0.05, 0.1) is 17.9 Å². The molecule has 130 valence electrons. The van der Waals surface area contributed by atoms with Gasteiger partial charge in [0, 0.05) is 12.7 Å². The van der Waals surface area contributed by atoms with Gasteiger partial charge in [-0.1, -0.05) is 6.07 Å². The summed E-state index contributed by atoms with van der Waals surface area (Å²) in [6.45, 7) is 6.90. The first-order valence-corrected chi connectivity index (χ1v) is 8.92. The Labute approximate surface area is 142 Å². The second kappa shape index (κ2) is 6.74. The van der Waals surface area contributed by atoms with Crippen molar-refractivity contribution in [1.82, 2.24) is 14.5 Å². The average molecular weight is 350 g/mol. The number of carbonyl (C=O) groups excluding carboxylic acids is 1. The molecule has 0 radical (unpaired) electrons. The zero-order valence-corrected chi connectivity index (χ0v) is 15.3. The van der Waals surface area contributed by atoms with Crippen molar-refractivity contribution in [3.63, 3.8) is 0 Å². The van der Waals surface area contributed by atoms with Crippen LogP contribution in [0, 0.1) is 27.7 Å². The van der Waals surface area contributed by atoms with Crippen LogP contribution in [0.4, 0.5) is 5.69 Å². The molecule has 8 heteroatoms. The highest BCUT2D eigenvalue weighted by Gasteiger charge is 2.28. The summed E-state index contributed by atoms with van der Waals surface area (Å²) in [6, 6.07) is 5.55. The van der Waals surface area contributed by atoms with E-state index in [-0.39, 0.29) is 11.4 Å². The van der Waals surface area contributed by atoms with Crippen LogP contribution in [0.5, 0.6) is 0 Å². The minimum absolute atomic E-state index is 0.115. The molecule has 7 nitrogen and oxygen atoms in total. The Kier molecular flexibility index (Phi) is 5.10. The number of benzene rings is 1. The van der Waals surface area contributed by atoms with Crippen LogP contribution in [0.2, 0.25) is 0 Å². The zero-order chi connectivity index (χ0) is 18.1. The molecule has 2 N–H and O–H groups in total. The summed E-state index contributed by atoms with van der Waals surface area (Å²) in [4.78, 5) is 12.3. The van der Waals surface area contributed by atoms with Crippen LogP contribution in [0.3, 0.4) is 0 Å². The van der Waals surface area contributed by atoms with E-state index < -0.39 is 15.9 Å². The Balaban J connectivity index is 2.12. The number of anilines is 1. The molecule has 24 heavy (non-hydrogen) atoms. The van der Waals surface area contributed by atoms with E-state index in [1.165, 1.54) is 7.05 Å². The van der Waals surface area contributed by atoms with E-state index in [0.717, 1.165) is 15.4 Å². The first kappa shape index (κ1) is 18.2. The standard InChI is InChI=1S/C16H22N4O3S/c1-10-6-7-14(8-11(10)2)17-15(21)9-20(5)24(22,23)16-12(3)18-19-13(16)4/h6-8H,9H2,1-5H3,(H,17,21)(H,18,19). The van der Waals surface area contributed by atoms with Gasteiger partial charge in [-0.25, -0.2) is 8.42 Å². The van der Waals surface area contributed by atoms with E-state index in [1.807, 2.05) is 26.0 Å². The van der Waals surface area contributed by atoms with Gasteiger partial charge in [-0.05, 0) is 51.0 Å². The van der Waals surface area contributed by atoms with Crippen molar-refractivity contribution in [2.24, 2.45) is 0 Å². The summed E-state index contributed by atoms with van der Waals surface area (Å²) < 4.78 is 26.2. The molecule has 0 aliphatic heterocycles. The molecule has 0 spiro atoms. The number of hydrogen-bond acceptors (Lipinski definition) is 4. The highest BCUT2D eigenvalue weighted by molar-refractivity contribution is 7.89. The zero-order valence-electron chi connectivity index (χ0n) is 14.5. The van der Waals surface area contributed by atoms with Gasteiger partial charge in [0.2, 0.25) is 15.9 Å². The number of carbonyl (C=O) groups is 1. The van der Waals surface area contributed by atoms with Crippen molar-refractivity contribution < 1.29 is 13.2 Å². The van der Waals surface area contributed by atoms with E-state index >= 15 is 0 Å². The van der Waals surface area contributed by atoms with Crippen LogP contribution < -0.4 is 5.32 Å². The third kappa shape index (κ3) is 3.65. The molecular formula is C16H22N4O3S. The number of aromatic amines is 1. The summed E-state index contributed by atoms with van der Waals surface area (Å²) in [5, 5.41) is 9.26. The number of H-pyrrole nitrogens is 1. The summed E-state index contributed by atoms with van der Waals surface area (Å²) >= 11 is 0. The van der Waals surface area contributed by atoms with Crippen molar-refractivity contribution in [2.45, 2.75) is 32.6 Å². The number of aromatic nitrogens is 2. The SMILES string of the molecule is Cc1ccc(NC(=O)CN(C)S(=O)(=O)c2c(C)n[nH]c2C)cc1C. The van der Waals surface area contributed by atoms with Crippen molar-refractivity contribution in [1.29, 1.82) is 0 Å². The number of amides is 1. The van der Waals surface area contributed by atoms with Crippen LogP contribution in [0.25, 0.3) is 0 Å². The summed E-state index contributed by atoms with van der Waals surface area (Å²) in [5.41, 5.74) is 3.66. The normalized spacial score (nSPS) is 11.8. The van der Waals surface area contributed by atoms with E-state index in [9.17, 15) is 13.2 Å². The fourth-order valence-electron chi connectivity index (χ4n) is 2.38. The molecule has 0 unspecified atom stereocenters. The van der Waals surface area contributed by atoms with Gasteiger partial charge in [-0.3, -0.25) is 9.89 Å². The fourth-order valence-corrected chi connectivity index (χ4v) is 3.83. The van der Waals surface area contributed by atoms with E-state index in [2.05, 4.69) is 15.5 Å². The van der Waals surface area contributed by atoms with E-state index in [0.29, 0.717) is 17.1 Å². The molecule has 1 aromatic carbocycles. The largest absolute Gasteiger partial charge is 0.325 e. The fraction of sp³-hybridized carbons (Fsp3) is 0.375. The Hall–Kier alpha value is -2.19. The van der Waals surface area contributed by atoms with Gasteiger partial charge in [0.25, 0.3) is 0 Å². The first-order valence-electron chi connectivity index (χ1n) is 7.48. The average Bonchev–Trinajstić information content (AvgIpc) is 2.82. The lowest BCUT2D eigenvalue weighted by molar-refractivity contribution is -0.116. The lowest BCUT2D eigenvalue weighted by atomic mass is 10.1. The number of nitrogens with zero attached hydrogens (tertiary/aromatic N) is 2. The molecule has 0 saturated heterocycles. The van der Waals surface area contributed by atoms with Gasteiger partial charge < -0.3 is 5.32 Å². The molecule has 0 bridgehead atoms. The molecule has 2 rings (SSSR count). The molecule has 1 aromatic heterocycles. The van der Waals surface area contributed by atoms with Gasteiger partial charge in [0.1, 0.15) is 4.90 Å². The Morgan fingerprint density at radius 1 is 1.21 bits per heavy atom. The topological polar surface area (TPSA) is 95.2 Å². The van der Waals surface area contributed by atoms with E-state index in [4.69, 9.17) is 0 Å². The second-order valence-corrected chi connectivity index (χ2v) is 7.85. The number of sulfonamides is 1. The molecule has 1 amide bonds. The third-order valence-electron chi connectivity index (χ3n) is 3.89. The van der Waals surface area contributed by atoms with Crippen LogP contribution >= 0.6 is 0 Å². The van der Waals surface area contributed by atoms with Crippen LogP contribution in [0.1, 0.15) is 22.5 Å². The lowest BCUT2D eigenvalue weighted by Gasteiger charge is -2.17. The quantitative estimate of drug-likeness (QED) is 0.861. The minimum Gasteiger partial charge on any atom is -0.325 e. The molecule has 0 fully saturated rings. The van der Waals surface area contributed by atoms with Crippen molar-refractivity contribution in [3.05, 3.63) is 40.7 Å². The van der Waals surface area contributed by atoms with Crippen LogP contribution in [0.15, 0.2) is 23.1 Å². The van der Waals surface area contributed by atoms with Crippen LogP contribution in [-0.2, 0) is 14.8 Å². The highest BCUT2D eigenvalue weighted by Crippen LogP contribution is 2.20. The maximum Gasteiger partial charge on any atom is 0.246 e. The Bertz CT molecular complexity index is 852. The van der Waals surface area contributed by atoms with Crippen molar-refractivity contribution in [2.75, 3.05) is 18.9 Å². The maximum absolute atomic E-state index is 12.6. The predicted molar refractivity (Wildman–Crippen MR) is 92.4 cm³/mol. The molecule has 2 aromatic rings. The summed E-state index contributed by atoms with van der Waals surface area (Å²) in [5.74, 6) is -0.400. The lowest BCUT2D eigenvalue weighted by Crippen LogP contribution is -2.35. The molecule has 1 heterocycles. The number of aryl methyl sites for hydroxylation is 4. The third-order valence-corrected chi connectivity index (χ3v) is 5.95. The highest BCUT2D eigenvalue weighted by atomic mass is 32.2. The van der Waals surface area contributed by atoms with Gasteiger partial charge in [-0.2, -0.15) is 9.40 Å². The van der Waals surface area contributed by atoms with Crippen molar-refractivity contribution in [3.8, 4) is 0 Å². The smallest absolute Gasteiger partial charge is 0.246 e. The van der Waals surface area contributed by atoms with Gasteiger partial charge in [-0.15, -0.1) is 0 Å². The number of rotatable bonds is 5. The molecule has 0 saturated carbocycles. The second-order valence-electron chi connectivity index (χ2n) is 5.87. The summed E-state index contributed by atoms with van der Waals surface area (Å²) in [6.07, 6.45) is 0. The van der Waals surface area contributed by atoms with E-state index in [1.54, 1.807) is 19.9 Å². The van der Waals surface area contributed by atoms with Gasteiger partial charge in [0.15, 0.2) is 0 Å². The van der Waals surface area contributed by atoms with Crippen molar-refractivity contribution >= 4 is 21.6 Å². The number of likely N-dealkylation sites (N-methyl/N-ethyl adjacent to an activating group) is 1. The Morgan fingerprint density at radius 3 is 2.42 bits per heavy atom. The molecule has 0 aliphatic rings. The molecule has 0 aliphatic carbocycles. The Morgan fingerprint density at radius 2 is 1.88 bits per heavy atom. The first-order chi connectivity index (χ1) is 11.1. The minimum atomic E-state index is -3.78. The van der Waals surface area contributed by atoms with Crippen LogP contribution in [-0.4, -0.2) is 42.4 Å². The number of nitrogens with one attached hydrogen (secondary N) is 2. The summed E-state index contributed by atoms with van der Waals surface area (Å²) in [7, 11) is -2.40. The molecular weight excluding hydrogens is 328 g/mol. The van der Waals surface area contributed by atoms with Gasteiger partial charge >= 0.3 is 0 Å². The maximum atomic E-state index is 12.6. The predicted octanol–water partition coefficient (Wildman–Crippen LogP) is 1.90. The molecule has 0 atom stereocenters. The monoisotopic (exact) mass is 350 g/mol.